The van der Waals surface area contributed by atoms with Gasteiger partial charge in [0.1, 0.15) is 0 Å². The number of piperidine rings is 1. The van der Waals surface area contributed by atoms with E-state index in [9.17, 15) is 0 Å². The molecule has 0 radical (unpaired) electrons. The van der Waals surface area contributed by atoms with Crippen molar-refractivity contribution in [2.45, 2.75) is 45.1 Å². The molecule has 0 unspecified atom stereocenters. The zero-order valence-corrected chi connectivity index (χ0v) is 11.7. The van der Waals surface area contributed by atoms with Gasteiger partial charge >= 0.3 is 0 Å². The van der Waals surface area contributed by atoms with E-state index in [4.69, 9.17) is 0 Å². The number of likely N-dealkylation sites (tertiary alicyclic amines) is 1. The topological polar surface area (TPSA) is 18.5 Å². The molecule has 2 saturated heterocycles. The standard InChI is InChI=1S/C14H29N3/c1-14(2,17-12-7-15-8-13-17)6-11-16-9-4-3-5-10-16/h15H,3-13H2,1-2H3. The molecule has 0 saturated carbocycles. The minimum atomic E-state index is 0.375. The second-order valence-electron chi connectivity index (χ2n) is 6.20. The molecule has 2 aliphatic rings. The molecule has 0 spiro atoms. The Morgan fingerprint density at radius 3 is 2.24 bits per heavy atom. The smallest absolute Gasteiger partial charge is 0.0166 e. The fourth-order valence-electron chi connectivity index (χ4n) is 3.04. The SMILES string of the molecule is CC(C)(CCN1CCCCC1)N1CCNCC1. The summed E-state index contributed by atoms with van der Waals surface area (Å²) in [5.41, 5.74) is 0.375. The van der Waals surface area contributed by atoms with Gasteiger partial charge in [0.15, 0.2) is 0 Å². The van der Waals surface area contributed by atoms with Gasteiger partial charge in [0.25, 0.3) is 0 Å². The molecule has 0 amide bonds. The van der Waals surface area contributed by atoms with Gasteiger partial charge in [-0.1, -0.05) is 6.42 Å². The second kappa shape index (κ2) is 6.17. The van der Waals surface area contributed by atoms with Gasteiger partial charge in [0.05, 0.1) is 0 Å². The Kier molecular flexibility index (Phi) is 4.83. The highest BCUT2D eigenvalue weighted by atomic mass is 15.2. The van der Waals surface area contributed by atoms with E-state index in [0.29, 0.717) is 5.54 Å². The molecule has 2 rings (SSSR count). The van der Waals surface area contributed by atoms with E-state index in [-0.39, 0.29) is 0 Å². The lowest BCUT2D eigenvalue weighted by Crippen LogP contribution is -2.54. The van der Waals surface area contributed by atoms with Crippen LogP contribution >= 0.6 is 0 Å². The summed E-state index contributed by atoms with van der Waals surface area (Å²) in [5, 5.41) is 3.44. The van der Waals surface area contributed by atoms with Crippen molar-refractivity contribution >= 4 is 0 Å². The molecule has 2 fully saturated rings. The van der Waals surface area contributed by atoms with E-state index in [0.717, 1.165) is 13.1 Å². The van der Waals surface area contributed by atoms with Crippen LogP contribution in [0.15, 0.2) is 0 Å². The first-order valence-corrected chi connectivity index (χ1v) is 7.37. The molecular formula is C14H29N3. The summed E-state index contributed by atoms with van der Waals surface area (Å²) in [6.45, 7) is 13.5. The van der Waals surface area contributed by atoms with Gasteiger partial charge < -0.3 is 10.2 Å². The highest BCUT2D eigenvalue weighted by Gasteiger charge is 2.28. The summed E-state index contributed by atoms with van der Waals surface area (Å²) < 4.78 is 0. The van der Waals surface area contributed by atoms with Crippen LogP contribution in [0.25, 0.3) is 0 Å². The summed E-state index contributed by atoms with van der Waals surface area (Å²) in [4.78, 5) is 5.32. The van der Waals surface area contributed by atoms with Crippen molar-refractivity contribution in [3.05, 3.63) is 0 Å². The van der Waals surface area contributed by atoms with Crippen molar-refractivity contribution in [2.75, 3.05) is 45.8 Å². The molecule has 17 heavy (non-hydrogen) atoms. The van der Waals surface area contributed by atoms with Crippen molar-refractivity contribution in [3.63, 3.8) is 0 Å². The summed E-state index contributed by atoms with van der Waals surface area (Å²) in [5.74, 6) is 0. The number of nitrogens with one attached hydrogen (secondary N) is 1. The Bertz CT molecular complexity index is 216. The predicted octanol–water partition coefficient (Wildman–Crippen LogP) is 1.55. The van der Waals surface area contributed by atoms with Crippen molar-refractivity contribution in [1.82, 2.24) is 15.1 Å². The summed E-state index contributed by atoms with van der Waals surface area (Å²) in [7, 11) is 0. The first kappa shape index (κ1) is 13.3. The number of rotatable bonds is 4. The first-order valence-electron chi connectivity index (χ1n) is 7.37. The molecule has 0 bridgehead atoms. The van der Waals surface area contributed by atoms with Crippen LogP contribution in [-0.4, -0.2) is 61.2 Å². The Balaban J connectivity index is 1.75. The van der Waals surface area contributed by atoms with Gasteiger partial charge in [-0.25, -0.2) is 0 Å². The van der Waals surface area contributed by atoms with Crippen molar-refractivity contribution in [1.29, 1.82) is 0 Å². The molecule has 2 heterocycles. The fraction of sp³-hybridized carbons (Fsp3) is 1.00. The molecule has 3 heteroatoms. The molecule has 2 aliphatic heterocycles. The van der Waals surface area contributed by atoms with Crippen LogP contribution in [0, 0.1) is 0 Å². The van der Waals surface area contributed by atoms with Gasteiger partial charge in [-0.3, -0.25) is 4.90 Å². The molecular weight excluding hydrogens is 210 g/mol. The molecule has 0 atom stereocenters. The molecule has 0 aromatic heterocycles. The maximum Gasteiger partial charge on any atom is 0.0166 e. The van der Waals surface area contributed by atoms with Gasteiger partial charge in [-0.2, -0.15) is 0 Å². The van der Waals surface area contributed by atoms with Crippen LogP contribution in [0.2, 0.25) is 0 Å². The van der Waals surface area contributed by atoms with E-state index in [1.807, 2.05) is 0 Å². The third-order valence-electron chi connectivity index (χ3n) is 4.46. The minimum Gasteiger partial charge on any atom is -0.314 e. The van der Waals surface area contributed by atoms with Gasteiger partial charge in [-0.05, 0) is 52.7 Å². The Labute approximate surface area is 107 Å². The lowest BCUT2D eigenvalue weighted by Gasteiger charge is -2.42. The maximum atomic E-state index is 3.44. The van der Waals surface area contributed by atoms with Gasteiger partial charge in [0.2, 0.25) is 0 Å². The first-order chi connectivity index (χ1) is 8.18. The van der Waals surface area contributed by atoms with Crippen LogP contribution in [0.3, 0.4) is 0 Å². The Morgan fingerprint density at radius 2 is 1.59 bits per heavy atom. The lowest BCUT2D eigenvalue weighted by atomic mass is 9.96. The Morgan fingerprint density at radius 1 is 0.941 bits per heavy atom. The highest BCUT2D eigenvalue weighted by molar-refractivity contribution is 4.85. The number of hydrogen-bond donors (Lipinski definition) is 1. The zero-order chi connectivity index (χ0) is 12.1. The van der Waals surface area contributed by atoms with E-state index in [1.54, 1.807) is 0 Å². The number of hydrogen-bond acceptors (Lipinski definition) is 3. The van der Waals surface area contributed by atoms with Crippen molar-refractivity contribution in [3.8, 4) is 0 Å². The maximum absolute atomic E-state index is 3.44. The average molecular weight is 239 g/mol. The number of piperazine rings is 1. The second-order valence-corrected chi connectivity index (χ2v) is 6.20. The Hall–Kier alpha value is -0.120. The highest BCUT2D eigenvalue weighted by Crippen LogP contribution is 2.20. The van der Waals surface area contributed by atoms with Crippen LogP contribution in [0.5, 0.6) is 0 Å². The molecule has 0 aromatic rings. The monoisotopic (exact) mass is 239 g/mol. The normalized spacial score (nSPS) is 25.1. The molecule has 0 aliphatic carbocycles. The third kappa shape index (κ3) is 3.94. The average Bonchev–Trinajstić information content (AvgIpc) is 2.39. The molecule has 3 nitrogen and oxygen atoms in total. The fourth-order valence-corrected chi connectivity index (χ4v) is 3.04. The van der Waals surface area contributed by atoms with Crippen LogP contribution in [-0.2, 0) is 0 Å². The van der Waals surface area contributed by atoms with Gasteiger partial charge in [0, 0.05) is 31.7 Å². The van der Waals surface area contributed by atoms with Gasteiger partial charge in [-0.15, -0.1) is 0 Å². The van der Waals surface area contributed by atoms with Crippen LogP contribution in [0.4, 0.5) is 0 Å². The largest absolute Gasteiger partial charge is 0.314 e. The van der Waals surface area contributed by atoms with E-state index in [1.165, 1.54) is 58.4 Å². The predicted molar refractivity (Wildman–Crippen MR) is 73.4 cm³/mol. The molecule has 1 N–H and O–H groups in total. The van der Waals surface area contributed by atoms with Crippen molar-refractivity contribution in [2.24, 2.45) is 0 Å². The quantitative estimate of drug-likeness (QED) is 0.803. The summed E-state index contributed by atoms with van der Waals surface area (Å²) >= 11 is 0. The molecule has 0 aromatic carbocycles. The van der Waals surface area contributed by atoms with Crippen LogP contribution in [0.1, 0.15) is 39.5 Å². The van der Waals surface area contributed by atoms with E-state index < -0.39 is 0 Å². The summed E-state index contributed by atoms with van der Waals surface area (Å²) in [6.07, 6.45) is 5.58. The van der Waals surface area contributed by atoms with Crippen LogP contribution < -0.4 is 5.32 Å². The summed E-state index contributed by atoms with van der Waals surface area (Å²) in [6, 6.07) is 0. The minimum absolute atomic E-state index is 0.375. The third-order valence-corrected chi connectivity index (χ3v) is 4.46. The lowest BCUT2D eigenvalue weighted by molar-refractivity contribution is 0.0800. The van der Waals surface area contributed by atoms with E-state index >= 15 is 0 Å². The van der Waals surface area contributed by atoms with Crippen molar-refractivity contribution < 1.29 is 0 Å². The zero-order valence-electron chi connectivity index (χ0n) is 11.7. The van der Waals surface area contributed by atoms with E-state index in [2.05, 4.69) is 29.0 Å². The molecule has 100 valence electrons. The number of nitrogens with zero attached hydrogens (tertiary/aromatic N) is 2.